The average molecular weight is 366 g/mol. The summed E-state index contributed by atoms with van der Waals surface area (Å²) in [5, 5.41) is 4.11. The Morgan fingerprint density at radius 2 is 2.28 bits per heavy atom. The Bertz CT molecular complexity index is 807. The first-order valence-corrected chi connectivity index (χ1v) is 9.69. The van der Waals surface area contributed by atoms with Crippen LogP contribution in [0.3, 0.4) is 0 Å². The lowest BCUT2D eigenvalue weighted by Gasteiger charge is -2.31. The Morgan fingerprint density at radius 3 is 2.96 bits per heavy atom. The van der Waals surface area contributed by atoms with Crippen LogP contribution in [-0.2, 0) is 21.3 Å². The molecule has 1 N–H and O–H groups in total. The van der Waals surface area contributed by atoms with Gasteiger partial charge < -0.3 is 9.47 Å². The Balaban J connectivity index is 1.77. The van der Waals surface area contributed by atoms with E-state index >= 15 is 0 Å². The Hall–Kier alpha value is -1.97. The number of hydrogen-bond acceptors (Lipinski definition) is 6. The molecule has 0 unspecified atom stereocenters. The highest BCUT2D eigenvalue weighted by Crippen LogP contribution is 2.19. The first-order chi connectivity index (χ1) is 12.0. The van der Waals surface area contributed by atoms with Crippen LogP contribution in [0.5, 0.6) is 5.88 Å². The third-order valence-corrected chi connectivity index (χ3v) is 5.76. The molecule has 1 aliphatic heterocycles. The van der Waals surface area contributed by atoms with E-state index in [1.807, 2.05) is 13.0 Å². The fourth-order valence-corrected chi connectivity index (χ4v) is 4.28. The Labute approximate surface area is 147 Å². The van der Waals surface area contributed by atoms with Gasteiger partial charge in [-0.25, -0.2) is 18.1 Å². The molecule has 2 aromatic rings. The van der Waals surface area contributed by atoms with Gasteiger partial charge in [0.2, 0.25) is 15.9 Å². The first-order valence-electron chi connectivity index (χ1n) is 8.21. The van der Waals surface area contributed by atoms with E-state index in [1.165, 1.54) is 6.20 Å². The molecular weight excluding hydrogens is 344 g/mol. The number of nitrogens with zero attached hydrogens (tertiary/aromatic N) is 3. The highest BCUT2D eigenvalue weighted by atomic mass is 32.2. The molecule has 2 aromatic heterocycles. The average Bonchev–Trinajstić information content (AvgIpc) is 2.99. The molecule has 3 heterocycles. The summed E-state index contributed by atoms with van der Waals surface area (Å²) in [5.41, 5.74) is 0.615. The van der Waals surface area contributed by atoms with Gasteiger partial charge in [0, 0.05) is 25.4 Å². The summed E-state index contributed by atoms with van der Waals surface area (Å²) in [6.07, 6.45) is 3.09. The van der Waals surface area contributed by atoms with Gasteiger partial charge in [0.1, 0.15) is 11.0 Å². The lowest BCUT2D eigenvalue weighted by atomic mass is 10.1. The van der Waals surface area contributed by atoms with E-state index in [0.717, 1.165) is 0 Å². The van der Waals surface area contributed by atoms with E-state index in [2.05, 4.69) is 14.8 Å². The van der Waals surface area contributed by atoms with Crippen molar-refractivity contribution in [3.8, 4) is 5.88 Å². The predicted octanol–water partition coefficient (Wildman–Crippen LogP) is 1.12. The fraction of sp³-hybridized carbons (Fsp3) is 0.500. The van der Waals surface area contributed by atoms with E-state index in [-0.39, 0.29) is 4.90 Å². The molecule has 0 aromatic carbocycles. The quantitative estimate of drug-likeness (QED) is 0.823. The van der Waals surface area contributed by atoms with Crippen LogP contribution in [0.15, 0.2) is 35.5 Å². The van der Waals surface area contributed by atoms with Crippen LogP contribution in [0.1, 0.15) is 19.0 Å². The number of aromatic nitrogens is 3. The van der Waals surface area contributed by atoms with Gasteiger partial charge in [-0.2, -0.15) is 5.10 Å². The van der Waals surface area contributed by atoms with Gasteiger partial charge in [0.15, 0.2) is 0 Å². The van der Waals surface area contributed by atoms with Gasteiger partial charge in [-0.15, -0.1) is 0 Å². The maximum absolute atomic E-state index is 12.8. The van der Waals surface area contributed by atoms with Crippen LogP contribution in [0.2, 0.25) is 0 Å². The van der Waals surface area contributed by atoms with Crippen molar-refractivity contribution in [1.29, 1.82) is 0 Å². The van der Waals surface area contributed by atoms with E-state index < -0.39 is 22.2 Å². The summed E-state index contributed by atoms with van der Waals surface area (Å²) in [7, 11) is -3.69. The summed E-state index contributed by atoms with van der Waals surface area (Å²) in [6, 6.07) is 4.94. The van der Waals surface area contributed by atoms with Gasteiger partial charge in [-0.1, -0.05) is 6.07 Å². The number of rotatable bonds is 6. The second-order valence-electron chi connectivity index (χ2n) is 5.83. The Kier molecular flexibility index (Phi) is 5.36. The molecular formula is C16H22N4O4S. The smallest absolute Gasteiger partial charge is 0.244 e. The molecule has 8 nitrogen and oxygen atoms in total. The lowest BCUT2D eigenvalue weighted by Crippen LogP contribution is -2.51. The number of pyridine rings is 1. The topological polar surface area (TPSA) is 95.3 Å². The second kappa shape index (κ2) is 7.51. The van der Waals surface area contributed by atoms with Crippen molar-refractivity contribution in [3.63, 3.8) is 0 Å². The van der Waals surface area contributed by atoms with Crippen LogP contribution >= 0.6 is 0 Å². The second-order valence-corrected chi connectivity index (χ2v) is 7.51. The highest BCUT2D eigenvalue weighted by molar-refractivity contribution is 7.89. The van der Waals surface area contributed by atoms with Crippen LogP contribution in [0, 0.1) is 6.92 Å². The van der Waals surface area contributed by atoms with Gasteiger partial charge in [0.25, 0.3) is 0 Å². The van der Waals surface area contributed by atoms with Gasteiger partial charge >= 0.3 is 0 Å². The van der Waals surface area contributed by atoms with E-state index in [9.17, 15) is 8.42 Å². The molecule has 3 rings (SSSR count). The zero-order valence-electron chi connectivity index (χ0n) is 14.3. The van der Waals surface area contributed by atoms with Crippen molar-refractivity contribution in [2.75, 3.05) is 13.2 Å². The molecule has 0 aliphatic carbocycles. The lowest BCUT2D eigenvalue weighted by molar-refractivity contribution is -0.0111. The predicted molar refractivity (Wildman–Crippen MR) is 90.8 cm³/mol. The molecule has 1 saturated heterocycles. The SMILES string of the molecule is CCn1ncc(S(=O)(=O)N[C@@H]2CCOC[C@H]2Oc2ccccn2)c1C. The van der Waals surface area contributed by atoms with E-state index in [0.29, 0.717) is 37.8 Å². The number of aryl methyl sites for hydroxylation is 1. The molecule has 0 spiro atoms. The maximum Gasteiger partial charge on any atom is 0.244 e. The molecule has 136 valence electrons. The van der Waals surface area contributed by atoms with Gasteiger partial charge in [-0.3, -0.25) is 4.68 Å². The molecule has 9 heteroatoms. The van der Waals surface area contributed by atoms with Crippen LogP contribution in [0.4, 0.5) is 0 Å². The number of nitrogens with one attached hydrogen (secondary N) is 1. The largest absolute Gasteiger partial charge is 0.470 e. The molecule has 2 atom stereocenters. The Morgan fingerprint density at radius 1 is 1.44 bits per heavy atom. The van der Waals surface area contributed by atoms with Crippen molar-refractivity contribution >= 4 is 10.0 Å². The minimum Gasteiger partial charge on any atom is -0.470 e. The van der Waals surface area contributed by atoms with Gasteiger partial charge in [0.05, 0.1) is 24.5 Å². The van der Waals surface area contributed by atoms with Crippen molar-refractivity contribution in [2.24, 2.45) is 0 Å². The number of ether oxygens (including phenoxy) is 2. The standard InChI is InChI=1S/C16H22N4O4S/c1-3-20-12(2)15(10-18-20)25(21,22)19-13-7-9-23-11-14(13)24-16-6-4-5-8-17-16/h4-6,8,10,13-14,19H,3,7,9,11H2,1-2H3/t13-,14-/m1/s1. The summed E-state index contributed by atoms with van der Waals surface area (Å²) >= 11 is 0. The van der Waals surface area contributed by atoms with Crippen molar-refractivity contribution in [1.82, 2.24) is 19.5 Å². The third-order valence-electron chi connectivity index (χ3n) is 4.17. The van der Waals surface area contributed by atoms with E-state index in [1.54, 1.807) is 29.9 Å². The van der Waals surface area contributed by atoms with Crippen molar-refractivity contribution in [2.45, 2.75) is 43.9 Å². The summed E-state index contributed by atoms with van der Waals surface area (Å²) in [6.45, 7) is 5.05. The van der Waals surface area contributed by atoms with Crippen LogP contribution in [-0.4, -0.2) is 48.5 Å². The van der Waals surface area contributed by atoms with Crippen molar-refractivity contribution < 1.29 is 17.9 Å². The first kappa shape index (κ1) is 17.8. The fourth-order valence-electron chi connectivity index (χ4n) is 2.81. The molecule has 1 fully saturated rings. The summed E-state index contributed by atoms with van der Waals surface area (Å²) in [5.74, 6) is 0.442. The van der Waals surface area contributed by atoms with Crippen LogP contribution in [0.25, 0.3) is 0 Å². The molecule has 0 amide bonds. The maximum atomic E-state index is 12.8. The molecule has 1 aliphatic rings. The molecule has 0 saturated carbocycles. The third kappa shape index (κ3) is 4.00. The minimum atomic E-state index is -3.69. The molecule has 0 radical (unpaired) electrons. The number of hydrogen-bond donors (Lipinski definition) is 1. The zero-order valence-corrected chi connectivity index (χ0v) is 15.1. The normalized spacial score (nSPS) is 21.2. The highest BCUT2D eigenvalue weighted by Gasteiger charge is 2.33. The molecule has 0 bridgehead atoms. The van der Waals surface area contributed by atoms with Crippen molar-refractivity contribution in [3.05, 3.63) is 36.3 Å². The monoisotopic (exact) mass is 366 g/mol. The summed E-state index contributed by atoms with van der Waals surface area (Å²) in [4.78, 5) is 4.31. The number of sulfonamides is 1. The van der Waals surface area contributed by atoms with E-state index in [4.69, 9.17) is 9.47 Å². The van der Waals surface area contributed by atoms with Gasteiger partial charge in [-0.05, 0) is 26.3 Å². The van der Waals surface area contributed by atoms with Crippen LogP contribution < -0.4 is 9.46 Å². The molecule has 25 heavy (non-hydrogen) atoms. The minimum absolute atomic E-state index is 0.192. The summed E-state index contributed by atoms with van der Waals surface area (Å²) < 4.78 is 41.2. The zero-order chi connectivity index (χ0) is 17.9.